The van der Waals surface area contributed by atoms with Gasteiger partial charge in [0, 0.05) is 5.02 Å². The molecule has 0 spiro atoms. The van der Waals surface area contributed by atoms with E-state index >= 15 is 0 Å². The van der Waals surface area contributed by atoms with Gasteiger partial charge in [-0.15, -0.1) is 0 Å². The lowest BCUT2D eigenvalue weighted by atomic mass is 9.99. The van der Waals surface area contributed by atoms with Crippen LogP contribution in [0.3, 0.4) is 0 Å². The van der Waals surface area contributed by atoms with E-state index in [9.17, 15) is 4.39 Å². The number of halogens is 3. The maximum Gasteiger partial charge on any atom is 0.129 e. The second kappa shape index (κ2) is 5.64. The molecule has 1 unspecified atom stereocenters. The minimum absolute atomic E-state index is 0.0166. The predicted octanol–water partition coefficient (Wildman–Crippen LogP) is 5.89. The molecule has 0 radical (unpaired) electrons. The summed E-state index contributed by atoms with van der Waals surface area (Å²) >= 11 is 9.76. The zero-order valence-corrected chi connectivity index (χ0v) is 13.4. The number of rotatable bonds is 2. The first-order valence-electron chi connectivity index (χ1n) is 6.06. The minimum Gasteiger partial charge on any atom is -0.206 e. The maximum absolute atomic E-state index is 13.7. The number of hydrogen-bond donors (Lipinski definition) is 0. The summed E-state index contributed by atoms with van der Waals surface area (Å²) in [5.74, 6) is -0.134. The Morgan fingerprint density at radius 2 is 1.47 bits per heavy atom. The molecule has 0 aliphatic heterocycles. The highest BCUT2D eigenvalue weighted by atomic mass is 79.9. The average Bonchev–Trinajstić information content (AvgIpc) is 2.33. The second-order valence-electron chi connectivity index (χ2n) is 4.89. The molecule has 0 amide bonds. The summed E-state index contributed by atoms with van der Waals surface area (Å²) in [6, 6.07) is 9.68. The van der Waals surface area contributed by atoms with Crippen LogP contribution in [0, 0.1) is 26.6 Å². The molecule has 0 aliphatic carbocycles. The van der Waals surface area contributed by atoms with Crippen LogP contribution in [0.15, 0.2) is 30.3 Å². The zero-order chi connectivity index (χ0) is 14.2. The van der Waals surface area contributed by atoms with Crippen molar-refractivity contribution in [3.8, 4) is 0 Å². The Labute approximate surface area is 126 Å². The van der Waals surface area contributed by atoms with E-state index in [4.69, 9.17) is 11.6 Å². The highest BCUT2D eigenvalue weighted by Crippen LogP contribution is 2.34. The lowest BCUT2D eigenvalue weighted by molar-refractivity contribution is 0.608. The van der Waals surface area contributed by atoms with Gasteiger partial charge in [0.2, 0.25) is 0 Å². The molecule has 3 heteroatoms. The van der Waals surface area contributed by atoms with E-state index in [1.807, 2.05) is 31.2 Å². The molecule has 0 aromatic heterocycles. The van der Waals surface area contributed by atoms with Crippen molar-refractivity contribution in [2.75, 3.05) is 0 Å². The zero-order valence-electron chi connectivity index (χ0n) is 11.1. The Kier molecular flexibility index (Phi) is 4.32. The van der Waals surface area contributed by atoms with Gasteiger partial charge < -0.3 is 0 Å². The van der Waals surface area contributed by atoms with Crippen LogP contribution in [0.1, 0.15) is 32.6 Å². The van der Waals surface area contributed by atoms with Crippen molar-refractivity contribution in [3.05, 3.63) is 69.0 Å². The van der Waals surface area contributed by atoms with E-state index in [-0.39, 0.29) is 10.6 Å². The van der Waals surface area contributed by atoms with Crippen molar-refractivity contribution in [1.82, 2.24) is 0 Å². The number of benzene rings is 2. The van der Waals surface area contributed by atoms with Crippen LogP contribution in [0.25, 0.3) is 0 Å². The summed E-state index contributed by atoms with van der Waals surface area (Å²) < 4.78 is 13.7. The first-order chi connectivity index (χ1) is 8.88. The monoisotopic (exact) mass is 340 g/mol. The SMILES string of the molecule is Cc1cc(Cl)cc(C(Br)c2cc(C)c(F)c(C)c2)c1. The van der Waals surface area contributed by atoms with Gasteiger partial charge in [-0.05, 0) is 60.7 Å². The summed E-state index contributed by atoms with van der Waals surface area (Å²) in [5.41, 5.74) is 4.56. The van der Waals surface area contributed by atoms with Crippen LogP contribution in [0.2, 0.25) is 5.02 Å². The van der Waals surface area contributed by atoms with Crippen molar-refractivity contribution < 1.29 is 4.39 Å². The largest absolute Gasteiger partial charge is 0.206 e. The van der Waals surface area contributed by atoms with Gasteiger partial charge in [0.15, 0.2) is 0 Å². The first kappa shape index (κ1) is 14.5. The Morgan fingerprint density at radius 3 is 2.00 bits per heavy atom. The van der Waals surface area contributed by atoms with Gasteiger partial charge in [0.1, 0.15) is 5.82 Å². The fourth-order valence-electron chi connectivity index (χ4n) is 2.23. The van der Waals surface area contributed by atoms with Gasteiger partial charge in [-0.25, -0.2) is 4.39 Å². The third kappa shape index (κ3) is 3.18. The summed E-state index contributed by atoms with van der Waals surface area (Å²) in [5, 5.41) is 0.718. The molecule has 19 heavy (non-hydrogen) atoms. The molecule has 0 saturated heterocycles. The molecule has 0 saturated carbocycles. The van der Waals surface area contributed by atoms with Crippen LogP contribution in [0.4, 0.5) is 4.39 Å². The molecule has 2 aromatic carbocycles. The van der Waals surface area contributed by atoms with Crippen LogP contribution in [0.5, 0.6) is 0 Å². The highest BCUT2D eigenvalue weighted by Gasteiger charge is 2.14. The summed E-state index contributed by atoms with van der Waals surface area (Å²) in [6.45, 7) is 5.58. The molecule has 0 nitrogen and oxygen atoms in total. The summed E-state index contributed by atoms with van der Waals surface area (Å²) in [7, 11) is 0. The van der Waals surface area contributed by atoms with Crippen molar-refractivity contribution >= 4 is 27.5 Å². The van der Waals surface area contributed by atoms with Gasteiger partial charge in [-0.2, -0.15) is 0 Å². The minimum atomic E-state index is -0.134. The quantitative estimate of drug-likeness (QED) is 0.598. The van der Waals surface area contributed by atoms with E-state index in [2.05, 4.69) is 22.0 Å². The van der Waals surface area contributed by atoms with Gasteiger partial charge in [-0.1, -0.05) is 45.7 Å². The maximum atomic E-state index is 13.7. The van der Waals surface area contributed by atoms with Crippen LogP contribution in [-0.2, 0) is 0 Å². The fraction of sp³-hybridized carbons (Fsp3) is 0.250. The third-order valence-corrected chi connectivity index (χ3v) is 4.38. The number of aryl methyl sites for hydroxylation is 3. The molecule has 1 atom stereocenters. The summed E-state index contributed by atoms with van der Waals surface area (Å²) in [6.07, 6.45) is 0. The van der Waals surface area contributed by atoms with E-state index < -0.39 is 0 Å². The number of alkyl halides is 1. The molecule has 0 aliphatic rings. The topological polar surface area (TPSA) is 0 Å². The molecular formula is C16H15BrClF. The molecule has 0 fully saturated rings. The lowest BCUT2D eigenvalue weighted by Crippen LogP contribution is -1.98. The highest BCUT2D eigenvalue weighted by molar-refractivity contribution is 9.09. The van der Waals surface area contributed by atoms with Gasteiger partial charge >= 0.3 is 0 Å². The molecule has 0 N–H and O–H groups in total. The van der Waals surface area contributed by atoms with Gasteiger partial charge in [0.25, 0.3) is 0 Å². The van der Waals surface area contributed by atoms with E-state index in [0.717, 1.165) is 21.7 Å². The first-order valence-corrected chi connectivity index (χ1v) is 7.35. The molecular weight excluding hydrogens is 327 g/mol. The Morgan fingerprint density at radius 1 is 0.947 bits per heavy atom. The average molecular weight is 342 g/mol. The van der Waals surface area contributed by atoms with Crippen LogP contribution < -0.4 is 0 Å². The number of hydrogen-bond acceptors (Lipinski definition) is 0. The van der Waals surface area contributed by atoms with E-state index in [0.29, 0.717) is 11.1 Å². The van der Waals surface area contributed by atoms with Crippen LogP contribution in [-0.4, -0.2) is 0 Å². The smallest absolute Gasteiger partial charge is 0.129 e. The van der Waals surface area contributed by atoms with Crippen molar-refractivity contribution in [3.63, 3.8) is 0 Å². The molecule has 2 aromatic rings. The predicted molar refractivity (Wildman–Crippen MR) is 82.8 cm³/mol. The lowest BCUT2D eigenvalue weighted by Gasteiger charge is -2.14. The third-order valence-electron chi connectivity index (χ3n) is 3.11. The molecule has 0 heterocycles. The van der Waals surface area contributed by atoms with Crippen molar-refractivity contribution in [2.45, 2.75) is 25.6 Å². The van der Waals surface area contributed by atoms with Gasteiger partial charge in [-0.3, -0.25) is 0 Å². The van der Waals surface area contributed by atoms with E-state index in [1.54, 1.807) is 13.8 Å². The molecule has 2 rings (SSSR count). The summed E-state index contributed by atoms with van der Waals surface area (Å²) in [4.78, 5) is 0.0166. The Bertz CT molecular complexity index is 579. The second-order valence-corrected chi connectivity index (χ2v) is 6.25. The van der Waals surface area contributed by atoms with E-state index in [1.165, 1.54) is 0 Å². The molecule has 0 bridgehead atoms. The van der Waals surface area contributed by atoms with Gasteiger partial charge in [0.05, 0.1) is 4.83 Å². The normalized spacial score (nSPS) is 12.5. The van der Waals surface area contributed by atoms with Crippen molar-refractivity contribution in [1.29, 1.82) is 0 Å². The van der Waals surface area contributed by atoms with Crippen molar-refractivity contribution in [2.24, 2.45) is 0 Å². The van der Waals surface area contributed by atoms with Crippen LogP contribution >= 0.6 is 27.5 Å². The Balaban J connectivity index is 2.46. The molecule has 100 valence electrons. The Hall–Kier alpha value is -0.860. The standard InChI is InChI=1S/C16H15BrClF/c1-9-4-12(8-14(18)5-9)15(17)13-6-10(2)16(19)11(3)7-13/h4-8,15H,1-3H3. The fourth-order valence-corrected chi connectivity index (χ4v) is 3.06.